The van der Waals surface area contributed by atoms with Gasteiger partial charge in [0.25, 0.3) is 5.91 Å². The van der Waals surface area contributed by atoms with Crippen LogP contribution in [-0.4, -0.2) is 39.3 Å². The first-order valence-electron chi connectivity index (χ1n) is 4.98. The van der Waals surface area contributed by atoms with E-state index in [9.17, 15) is 9.59 Å². The van der Waals surface area contributed by atoms with Gasteiger partial charge in [-0.1, -0.05) is 11.6 Å². The Morgan fingerprint density at radius 1 is 1.41 bits per heavy atom. The van der Waals surface area contributed by atoms with E-state index in [2.05, 4.69) is 9.97 Å². The van der Waals surface area contributed by atoms with Gasteiger partial charge in [-0.05, 0) is 13.8 Å². The molecule has 0 aliphatic heterocycles. The first-order valence-corrected chi connectivity index (χ1v) is 5.36. The molecular weight excluding hydrogens is 244 g/mol. The van der Waals surface area contributed by atoms with Gasteiger partial charge in [-0.2, -0.15) is 0 Å². The average Bonchev–Trinajstić information content (AvgIpc) is 2.25. The Labute approximate surface area is 104 Å². The molecule has 0 bridgehead atoms. The lowest BCUT2D eigenvalue weighted by Gasteiger charge is -2.24. The first-order chi connectivity index (χ1) is 7.91. The summed E-state index contributed by atoms with van der Waals surface area (Å²) in [6.45, 7) is 3.41. The Bertz CT molecular complexity index is 419. The van der Waals surface area contributed by atoms with Crippen molar-refractivity contribution in [1.82, 2.24) is 14.9 Å². The molecule has 17 heavy (non-hydrogen) atoms. The smallest absolute Gasteiger partial charge is 0.274 e. The van der Waals surface area contributed by atoms with Gasteiger partial charge in [0.05, 0.1) is 18.9 Å². The number of halogens is 1. The van der Waals surface area contributed by atoms with Crippen LogP contribution in [0.5, 0.6) is 0 Å². The van der Waals surface area contributed by atoms with Crippen LogP contribution in [0.1, 0.15) is 24.3 Å². The molecule has 0 saturated carbocycles. The molecule has 0 unspecified atom stereocenters. The number of nitrogens with zero attached hydrogens (tertiary/aromatic N) is 3. The summed E-state index contributed by atoms with van der Waals surface area (Å²) < 4.78 is 0. The van der Waals surface area contributed by atoms with Crippen molar-refractivity contribution < 1.29 is 9.59 Å². The van der Waals surface area contributed by atoms with Crippen molar-refractivity contribution >= 4 is 23.4 Å². The van der Waals surface area contributed by atoms with Crippen LogP contribution >= 0.6 is 11.6 Å². The second kappa shape index (κ2) is 5.58. The summed E-state index contributed by atoms with van der Waals surface area (Å²) in [6.07, 6.45) is 2.54. The molecule has 0 spiro atoms. The second-order valence-electron chi connectivity index (χ2n) is 3.72. The third-order valence-corrected chi connectivity index (χ3v) is 2.25. The molecule has 0 radical (unpaired) electrons. The van der Waals surface area contributed by atoms with Crippen molar-refractivity contribution in [2.24, 2.45) is 5.73 Å². The predicted octanol–water partition coefficient (Wildman–Crippen LogP) is 0.466. The maximum Gasteiger partial charge on any atom is 0.274 e. The maximum atomic E-state index is 12.0. The van der Waals surface area contributed by atoms with Gasteiger partial charge in [0.2, 0.25) is 5.91 Å². The summed E-state index contributed by atoms with van der Waals surface area (Å²) in [6, 6.07) is -0.160. The first kappa shape index (κ1) is 13.4. The van der Waals surface area contributed by atoms with E-state index in [1.807, 2.05) is 0 Å². The molecule has 6 nitrogen and oxygen atoms in total. The second-order valence-corrected chi connectivity index (χ2v) is 4.10. The van der Waals surface area contributed by atoms with Gasteiger partial charge < -0.3 is 10.6 Å². The minimum atomic E-state index is -0.575. The van der Waals surface area contributed by atoms with Crippen LogP contribution in [0, 0.1) is 0 Å². The zero-order valence-electron chi connectivity index (χ0n) is 9.55. The van der Waals surface area contributed by atoms with Crippen LogP contribution in [0.2, 0.25) is 5.15 Å². The number of carbonyl (C=O) groups is 2. The van der Waals surface area contributed by atoms with E-state index < -0.39 is 11.8 Å². The maximum absolute atomic E-state index is 12.0. The third kappa shape index (κ3) is 3.67. The molecule has 0 aliphatic carbocycles. The van der Waals surface area contributed by atoms with E-state index in [1.165, 1.54) is 17.3 Å². The van der Waals surface area contributed by atoms with Crippen LogP contribution in [-0.2, 0) is 4.79 Å². The van der Waals surface area contributed by atoms with Gasteiger partial charge in [-0.15, -0.1) is 0 Å². The summed E-state index contributed by atoms with van der Waals surface area (Å²) in [5.74, 6) is -0.975. The highest BCUT2D eigenvalue weighted by Gasteiger charge is 2.21. The fourth-order valence-electron chi connectivity index (χ4n) is 1.23. The van der Waals surface area contributed by atoms with Gasteiger partial charge in [0.15, 0.2) is 0 Å². The Kier molecular flexibility index (Phi) is 4.39. The molecule has 2 N–H and O–H groups in total. The molecule has 0 fully saturated rings. The molecule has 1 heterocycles. The molecule has 0 atom stereocenters. The Hall–Kier alpha value is -1.69. The van der Waals surface area contributed by atoms with E-state index in [1.54, 1.807) is 13.8 Å². The molecular formula is C10H13ClN4O2. The predicted molar refractivity (Wildman–Crippen MR) is 62.4 cm³/mol. The Balaban J connectivity index is 2.91. The Morgan fingerprint density at radius 2 is 2.06 bits per heavy atom. The normalized spacial score (nSPS) is 10.4. The lowest BCUT2D eigenvalue weighted by Crippen LogP contribution is -2.43. The summed E-state index contributed by atoms with van der Waals surface area (Å²) in [5.41, 5.74) is 5.21. The van der Waals surface area contributed by atoms with Crippen LogP contribution in [0.15, 0.2) is 12.4 Å². The van der Waals surface area contributed by atoms with Gasteiger partial charge in [-0.3, -0.25) is 9.59 Å². The van der Waals surface area contributed by atoms with Crippen molar-refractivity contribution in [3.8, 4) is 0 Å². The number of carbonyl (C=O) groups excluding carboxylic acids is 2. The summed E-state index contributed by atoms with van der Waals surface area (Å²) in [7, 11) is 0. The monoisotopic (exact) mass is 256 g/mol. The minimum Gasteiger partial charge on any atom is -0.368 e. The standard InChI is InChI=1S/C10H13ClN4O2/c1-6(2)15(5-9(12)16)10(17)7-3-14-8(11)4-13-7/h3-4,6H,5H2,1-2H3,(H2,12,16). The van der Waals surface area contributed by atoms with Crippen LogP contribution in [0.3, 0.4) is 0 Å². The molecule has 2 amide bonds. The number of amides is 2. The zero-order valence-corrected chi connectivity index (χ0v) is 10.3. The summed E-state index contributed by atoms with van der Waals surface area (Å²) in [5, 5.41) is 0.201. The molecule has 1 aromatic rings. The molecule has 1 rings (SSSR count). The van der Waals surface area contributed by atoms with Gasteiger partial charge in [0.1, 0.15) is 10.8 Å². The molecule has 0 saturated heterocycles. The van der Waals surface area contributed by atoms with Crippen molar-refractivity contribution in [2.45, 2.75) is 19.9 Å². The molecule has 0 aliphatic rings. The van der Waals surface area contributed by atoms with Crippen molar-refractivity contribution in [3.63, 3.8) is 0 Å². The lowest BCUT2D eigenvalue weighted by atomic mass is 10.2. The quantitative estimate of drug-likeness (QED) is 0.848. The largest absolute Gasteiger partial charge is 0.368 e. The highest BCUT2D eigenvalue weighted by molar-refractivity contribution is 6.29. The third-order valence-electron chi connectivity index (χ3n) is 2.05. The number of aromatic nitrogens is 2. The number of hydrogen-bond acceptors (Lipinski definition) is 4. The fraction of sp³-hybridized carbons (Fsp3) is 0.400. The molecule has 1 aromatic heterocycles. The van der Waals surface area contributed by atoms with E-state index >= 15 is 0 Å². The van der Waals surface area contributed by atoms with E-state index in [0.29, 0.717) is 0 Å². The number of primary amides is 1. The highest BCUT2D eigenvalue weighted by atomic mass is 35.5. The van der Waals surface area contributed by atoms with Crippen LogP contribution in [0.25, 0.3) is 0 Å². The van der Waals surface area contributed by atoms with E-state index in [4.69, 9.17) is 17.3 Å². The number of hydrogen-bond donors (Lipinski definition) is 1. The van der Waals surface area contributed by atoms with E-state index in [-0.39, 0.29) is 23.4 Å². The SMILES string of the molecule is CC(C)N(CC(N)=O)C(=O)c1cnc(Cl)cn1. The van der Waals surface area contributed by atoms with Gasteiger partial charge >= 0.3 is 0 Å². The fourth-order valence-corrected chi connectivity index (χ4v) is 1.32. The van der Waals surface area contributed by atoms with Gasteiger partial charge in [-0.25, -0.2) is 9.97 Å². The van der Waals surface area contributed by atoms with Crippen LogP contribution in [0.4, 0.5) is 0 Å². The summed E-state index contributed by atoms with van der Waals surface area (Å²) in [4.78, 5) is 31.8. The van der Waals surface area contributed by atoms with Gasteiger partial charge in [0, 0.05) is 6.04 Å². The highest BCUT2D eigenvalue weighted by Crippen LogP contribution is 2.07. The topological polar surface area (TPSA) is 89.2 Å². The Morgan fingerprint density at radius 3 is 2.47 bits per heavy atom. The molecule has 92 valence electrons. The van der Waals surface area contributed by atoms with Crippen LogP contribution < -0.4 is 5.73 Å². The van der Waals surface area contributed by atoms with E-state index in [0.717, 1.165) is 0 Å². The zero-order chi connectivity index (χ0) is 13.0. The minimum absolute atomic E-state index is 0.129. The van der Waals surface area contributed by atoms with Crippen molar-refractivity contribution in [2.75, 3.05) is 6.54 Å². The average molecular weight is 257 g/mol. The van der Waals surface area contributed by atoms with Crippen molar-refractivity contribution in [1.29, 1.82) is 0 Å². The summed E-state index contributed by atoms with van der Waals surface area (Å²) >= 11 is 5.57. The van der Waals surface area contributed by atoms with Crippen molar-refractivity contribution in [3.05, 3.63) is 23.2 Å². The molecule has 0 aromatic carbocycles. The number of nitrogens with two attached hydrogens (primary N) is 1. The number of rotatable bonds is 4. The molecule has 7 heteroatoms. The lowest BCUT2D eigenvalue weighted by molar-refractivity contribution is -0.119.